The van der Waals surface area contributed by atoms with E-state index in [1.807, 2.05) is 6.07 Å². The maximum Gasteiger partial charge on any atom is 0.244 e. The molecule has 0 aliphatic carbocycles. The van der Waals surface area contributed by atoms with Crippen LogP contribution in [0.5, 0.6) is 0 Å². The number of nitrogens with zero attached hydrogens (tertiary/aromatic N) is 3. The van der Waals surface area contributed by atoms with Gasteiger partial charge >= 0.3 is 0 Å². The van der Waals surface area contributed by atoms with Crippen molar-refractivity contribution < 1.29 is 13.5 Å². The summed E-state index contributed by atoms with van der Waals surface area (Å²) in [5.41, 5.74) is 0.145. The molecule has 0 atom stereocenters. The van der Waals surface area contributed by atoms with E-state index in [1.54, 1.807) is 0 Å². The van der Waals surface area contributed by atoms with Crippen LogP contribution >= 0.6 is 0 Å². The first-order chi connectivity index (χ1) is 8.56. The van der Waals surface area contributed by atoms with E-state index in [2.05, 4.69) is 11.6 Å². The van der Waals surface area contributed by atoms with Gasteiger partial charge in [-0.1, -0.05) is 6.08 Å². The van der Waals surface area contributed by atoms with Gasteiger partial charge in [0.15, 0.2) is 0 Å². The Hall–Kier alpha value is -1.75. The lowest BCUT2D eigenvalue weighted by Gasteiger charge is -2.19. The molecule has 0 radical (unpaired) electrons. The summed E-state index contributed by atoms with van der Waals surface area (Å²) < 4.78 is 25.4. The predicted molar refractivity (Wildman–Crippen MR) is 65.0 cm³/mol. The molecule has 1 aromatic heterocycles. The van der Waals surface area contributed by atoms with Crippen molar-refractivity contribution >= 4 is 10.0 Å². The molecule has 0 saturated carbocycles. The monoisotopic (exact) mass is 267 g/mol. The number of aliphatic hydroxyl groups is 1. The van der Waals surface area contributed by atoms with Crippen LogP contribution in [-0.2, 0) is 10.0 Å². The number of pyridine rings is 1. The fraction of sp³-hybridized carbons (Fsp3) is 0.273. The topological polar surface area (TPSA) is 94.3 Å². The molecule has 1 N–H and O–H groups in total. The third-order valence-corrected chi connectivity index (χ3v) is 4.02. The normalized spacial score (nSPS) is 11.2. The number of aromatic nitrogens is 1. The van der Waals surface area contributed by atoms with Gasteiger partial charge in [-0.3, -0.25) is 0 Å². The molecule has 0 unspecified atom stereocenters. The average Bonchev–Trinajstić information content (AvgIpc) is 2.38. The highest BCUT2D eigenvalue weighted by Crippen LogP contribution is 2.14. The van der Waals surface area contributed by atoms with Gasteiger partial charge in [0.2, 0.25) is 10.0 Å². The third kappa shape index (κ3) is 3.13. The maximum absolute atomic E-state index is 12.2. The summed E-state index contributed by atoms with van der Waals surface area (Å²) in [6, 6.07) is 4.45. The molecule has 0 amide bonds. The first-order valence-electron chi connectivity index (χ1n) is 5.14. The Morgan fingerprint density at radius 2 is 2.28 bits per heavy atom. The molecule has 1 rings (SSSR count). The van der Waals surface area contributed by atoms with Crippen molar-refractivity contribution in [2.24, 2.45) is 0 Å². The SMILES string of the molecule is C=CCN(CCO)S(=O)(=O)c1ccc(C#N)nc1. The zero-order valence-electron chi connectivity index (χ0n) is 9.65. The summed E-state index contributed by atoms with van der Waals surface area (Å²) in [5.74, 6) is 0. The van der Waals surface area contributed by atoms with Crippen molar-refractivity contribution in [3.8, 4) is 6.07 Å². The molecule has 0 aromatic carbocycles. The Kier molecular flexibility index (Phi) is 4.97. The highest BCUT2D eigenvalue weighted by atomic mass is 32.2. The van der Waals surface area contributed by atoms with Gasteiger partial charge in [0.25, 0.3) is 0 Å². The number of nitriles is 1. The quantitative estimate of drug-likeness (QED) is 0.739. The number of aliphatic hydroxyl groups excluding tert-OH is 1. The van der Waals surface area contributed by atoms with Gasteiger partial charge in [0.1, 0.15) is 16.7 Å². The zero-order valence-corrected chi connectivity index (χ0v) is 10.5. The molecule has 7 heteroatoms. The lowest BCUT2D eigenvalue weighted by molar-refractivity contribution is 0.260. The number of hydrogen-bond donors (Lipinski definition) is 1. The standard InChI is InChI=1S/C11H13N3O3S/c1-2-5-14(6-7-15)18(16,17)11-4-3-10(8-12)13-9-11/h2-4,9,15H,1,5-7H2. The summed E-state index contributed by atoms with van der Waals surface area (Å²) in [6.07, 6.45) is 2.56. The molecular formula is C11H13N3O3S. The number of hydrogen-bond acceptors (Lipinski definition) is 5. The van der Waals surface area contributed by atoms with E-state index in [0.29, 0.717) is 0 Å². The zero-order chi connectivity index (χ0) is 13.6. The third-order valence-electron chi connectivity index (χ3n) is 2.17. The van der Waals surface area contributed by atoms with E-state index in [9.17, 15) is 8.42 Å². The second-order valence-corrected chi connectivity index (χ2v) is 5.30. The Morgan fingerprint density at radius 1 is 1.56 bits per heavy atom. The molecule has 96 valence electrons. The van der Waals surface area contributed by atoms with E-state index in [-0.39, 0.29) is 30.3 Å². The average molecular weight is 267 g/mol. The van der Waals surface area contributed by atoms with E-state index >= 15 is 0 Å². The van der Waals surface area contributed by atoms with Crippen LogP contribution in [-0.4, -0.2) is 42.5 Å². The smallest absolute Gasteiger partial charge is 0.244 e. The lowest BCUT2D eigenvalue weighted by atomic mass is 10.4. The van der Waals surface area contributed by atoms with Crippen LogP contribution < -0.4 is 0 Å². The minimum absolute atomic E-state index is 0.0169. The molecule has 0 aliphatic heterocycles. The van der Waals surface area contributed by atoms with E-state index in [4.69, 9.17) is 10.4 Å². The second kappa shape index (κ2) is 6.26. The lowest BCUT2D eigenvalue weighted by Crippen LogP contribution is -2.33. The Bertz CT molecular complexity index is 546. The van der Waals surface area contributed by atoms with Crippen molar-refractivity contribution in [3.05, 3.63) is 36.7 Å². The molecule has 6 nitrogen and oxygen atoms in total. The molecule has 0 bridgehead atoms. The second-order valence-electron chi connectivity index (χ2n) is 3.37. The number of rotatable bonds is 6. The Balaban J connectivity index is 3.09. The van der Waals surface area contributed by atoms with Crippen LogP contribution in [0.2, 0.25) is 0 Å². The van der Waals surface area contributed by atoms with Gasteiger partial charge in [-0.15, -0.1) is 6.58 Å². The first kappa shape index (κ1) is 14.3. The fourth-order valence-electron chi connectivity index (χ4n) is 1.31. The van der Waals surface area contributed by atoms with Crippen molar-refractivity contribution in [1.29, 1.82) is 5.26 Å². The van der Waals surface area contributed by atoms with Crippen molar-refractivity contribution in [3.63, 3.8) is 0 Å². The minimum Gasteiger partial charge on any atom is -0.395 e. The van der Waals surface area contributed by atoms with Crippen molar-refractivity contribution in [2.75, 3.05) is 19.7 Å². The van der Waals surface area contributed by atoms with Crippen LogP contribution in [0.4, 0.5) is 0 Å². The predicted octanol–water partition coefficient (Wildman–Crippen LogP) is 0.122. The van der Waals surface area contributed by atoms with Gasteiger partial charge in [-0.25, -0.2) is 13.4 Å². The van der Waals surface area contributed by atoms with Gasteiger partial charge in [-0.2, -0.15) is 9.57 Å². The largest absolute Gasteiger partial charge is 0.395 e. The Labute approximate surface area is 106 Å². The van der Waals surface area contributed by atoms with Crippen molar-refractivity contribution in [2.45, 2.75) is 4.90 Å². The van der Waals surface area contributed by atoms with Crippen LogP contribution in [0.15, 0.2) is 35.9 Å². The van der Waals surface area contributed by atoms with E-state index in [0.717, 1.165) is 10.5 Å². The van der Waals surface area contributed by atoms with Gasteiger partial charge in [-0.05, 0) is 12.1 Å². The van der Waals surface area contributed by atoms with E-state index < -0.39 is 10.0 Å². The van der Waals surface area contributed by atoms with Crippen LogP contribution in [0.25, 0.3) is 0 Å². The highest BCUT2D eigenvalue weighted by molar-refractivity contribution is 7.89. The molecule has 0 aliphatic rings. The van der Waals surface area contributed by atoms with Gasteiger partial charge in [0.05, 0.1) is 6.61 Å². The summed E-state index contributed by atoms with van der Waals surface area (Å²) in [6.45, 7) is 3.27. The molecule has 0 spiro atoms. The summed E-state index contributed by atoms with van der Waals surface area (Å²) >= 11 is 0. The summed E-state index contributed by atoms with van der Waals surface area (Å²) in [7, 11) is -3.72. The summed E-state index contributed by atoms with van der Waals surface area (Å²) in [4.78, 5) is 3.69. The van der Waals surface area contributed by atoms with Crippen LogP contribution in [0.1, 0.15) is 5.69 Å². The van der Waals surface area contributed by atoms with Gasteiger partial charge in [0, 0.05) is 19.3 Å². The van der Waals surface area contributed by atoms with Crippen LogP contribution in [0.3, 0.4) is 0 Å². The molecular weight excluding hydrogens is 254 g/mol. The molecule has 1 heterocycles. The molecule has 18 heavy (non-hydrogen) atoms. The molecule has 0 fully saturated rings. The Morgan fingerprint density at radius 3 is 2.72 bits per heavy atom. The summed E-state index contributed by atoms with van der Waals surface area (Å²) in [5, 5.41) is 17.4. The minimum atomic E-state index is -3.72. The number of sulfonamides is 1. The van der Waals surface area contributed by atoms with Gasteiger partial charge < -0.3 is 5.11 Å². The molecule has 1 aromatic rings. The van der Waals surface area contributed by atoms with Crippen molar-refractivity contribution in [1.82, 2.24) is 9.29 Å². The first-order valence-corrected chi connectivity index (χ1v) is 6.58. The van der Waals surface area contributed by atoms with Crippen LogP contribution in [0, 0.1) is 11.3 Å². The fourth-order valence-corrected chi connectivity index (χ4v) is 2.66. The van der Waals surface area contributed by atoms with E-state index in [1.165, 1.54) is 18.2 Å². The highest BCUT2D eigenvalue weighted by Gasteiger charge is 2.23. The maximum atomic E-state index is 12.2. The molecule has 0 saturated heterocycles.